The molecular weight excluding hydrogens is 674 g/mol. The second-order valence-electron chi connectivity index (χ2n) is 10.7. The number of hydrogen-bond donors (Lipinski definition) is 3. The van der Waals surface area contributed by atoms with Gasteiger partial charge in [0.1, 0.15) is 16.7 Å². The standard InChI is InChI=1S/C39H34ClN3O6S/c1-47-33-21-15-28(40)24-31(33)42-39(46)36(26-10-6-4-7-11-26)50-30-18-16-29(17-19-30)41-38(45)32(43-37(44)27-12-8-5-9-13-27)22-25-14-20-34(48-2)35(23-25)49-3/h4-24,36H,1-3H3,(H,41,45)(H,42,46)(H,43,44)/b32-22-. The summed E-state index contributed by atoms with van der Waals surface area (Å²) in [5.74, 6) is 0.231. The van der Waals surface area contributed by atoms with Gasteiger partial charge in [0.05, 0.1) is 27.0 Å². The predicted octanol–water partition coefficient (Wildman–Crippen LogP) is 8.25. The number of thioether (sulfide) groups is 1. The van der Waals surface area contributed by atoms with Gasteiger partial charge < -0.3 is 30.2 Å². The van der Waals surface area contributed by atoms with Gasteiger partial charge in [0.2, 0.25) is 5.91 Å². The van der Waals surface area contributed by atoms with Crippen molar-refractivity contribution in [3.8, 4) is 17.2 Å². The number of halogens is 1. The van der Waals surface area contributed by atoms with Gasteiger partial charge >= 0.3 is 0 Å². The monoisotopic (exact) mass is 707 g/mol. The fourth-order valence-corrected chi connectivity index (χ4v) is 6.08. The number of carbonyl (C=O) groups is 3. The van der Waals surface area contributed by atoms with Crippen molar-refractivity contribution in [3.05, 3.63) is 149 Å². The molecule has 0 aromatic heterocycles. The van der Waals surface area contributed by atoms with E-state index >= 15 is 0 Å². The van der Waals surface area contributed by atoms with Gasteiger partial charge in [-0.05, 0) is 83.9 Å². The number of benzene rings is 5. The third kappa shape index (κ3) is 9.25. The Morgan fingerprint density at radius 1 is 0.700 bits per heavy atom. The number of carbonyl (C=O) groups excluding carboxylic acids is 3. The van der Waals surface area contributed by atoms with Gasteiger partial charge in [-0.1, -0.05) is 66.2 Å². The second kappa shape index (κ2) is 17.1. The molecule has 0 aliphatic heterocycles. The summed E-state index contributed by atoms with van der Waals surface area (Å²) in [5.41, 5.74) is 2.75. The zero-order chi connectivity index (χ0) is 35.5. The second-order valence-corrected chi connectivity index (χ2v) is 12.3. The van der Waals surface area contributed by atoms with Crippen molar-refractivity contribution in [1.29, 1.82) is 0 Å². The molecule has 5 aromatic rings. The van der Waals surface area contributed by atoms with E-state index in [1.807, 2.05) is 42.5 Å². The number of anilines is 2. The molecule has 1 atom stereocenters. The quantitative estimate of drug-likeness (QED) is 0.0834. The normalized spacial score (nSPS) is 11.6. The van der Waals surface area contributed by atoms with E-state index in [-0.39, 0.29) is 11.6 Å². The van der Waals surface area contributed by atoms with Crippen LogP contribution >= 0.6 is 23.4 Å². The van der Waals surface area contributed by atoms with Crippen LogP contribution in [0.1, 0.15) is 26.7 Å². The number of ether oxygens (including phenoxy) is 3. The highest BCUT2D eigenvalue weighted by molar-refractivity contribution is 8.00. The molecule has 50 heavy (non-hydrogen) atoms. The van der Waals surface area contributed by atoms with E-state index in [4.69, 9.17) is 25.8 Å². The van der Waals surface area contributed by atoms with Crippen molar-refractivity contribution >= 4 is 58.5 Å². The molecule has 1 unspecified atom stereocenters. The number of amides is 3. The zero-order valence-electron chi connectivity index (χ0n) is 27.4. The minimum absolute atomic E-state index is 0.0155. The molecule has 11 heteroatoms. The molecule has 5 aromatic carbocycles. The van der Waals surface area contributed by atoms with Gasteiger partial charge in [-0.15, -0.1) is 11.8 Å². The highest BCUT2D eigenvalue weighted by Crippen LogP contribution is 2.38. The van der Waals surface area contributed by atoms with Crippen LogP contribution in [0.5, 0.6) is 17.2 Å². The Morgan fingerprint density at radius 2 is 1.34 bits per heavy atom. The Bertz CT molecular complexity index is 1990. The molecular formula is C39H34ClN3O6S. The van der Waals surface area contributed by atoms with Crippen LogP contribution in [0.3, 0.4) is 0 Å². The summed E-state index contributed by atoms with van der Waals surface area (Å²) in [7, 11) is 4.57. The molecule has 0 aliphatic carbocycles. The SMILES string of the molecule is COc1ccc(Cl)cc1NC(=O)C(Sc1ccc(NC(=O)/C(=C/c2ccc(OC)c(OC)c2)NC(=O)c2ccccc2)cc1)c1ccccc1. The summed E-state index contributed by atoms with van der Waals surface area (Å²) in [6, 6.07) is 35.3. The van der Waals surface area contributed by atoms with Gasteiger partial charge in [0.25, 0.3) is 11.8 Å². The minimum Gasteiger partial charge on any atom is -0.495 e. The maximum atomic E-state index is 13.7. The molecule has 0 aliphatic rings. The Morgan fingerprint density at radius 3 is 2.00 bits per heavy atom. The summed E-state index contributed by atoms with van der Waals surface area (Å²) < 4.78 is 16.2. The molecule has 0 saturated carbocycles. The van der Waals surface area contributed by atoms with Crippen LogP contribution in [0, 0.1) is 0 Å². The van der Waals surface area contributed by atoms with Crippen LogP contribution in [0.2, 0.25) is 5.02 Å². The first-order valence-electron chi connectivity index (χ1n) is 15.4. The third-order valence-electron chi connectivity index (χ3n) is 7.37. The van der Waals surface area contributed by atoms with Crippen LogP contribution in [-0.2, 0) is 9.59 Å². The molecule has 3 amide bonds. The van der Waals surface area contributed by atoms with Crippen molar-refractivity contribution in [2.45, 2.75) is 10.1 Å². The van der Waals surface area contributed by atoms with Crippen LogP contribution in [-0.4, -0.2) is 39.1 Å². The average Bonchev–Trinajstić information content (AvgIpc) is 3.14. The summed E-state index contributed by atoms with van der Waals surface area (Å²) in [5, 5.41) is 8.39. The molecule has 0 bridgehead atoms. The molecule has 3 N–H and O–H groups in total. The molecule has 5 rings (SSSR count). The molecule has 0 spiro atoms. The van der Waals surface area contributed by atoms with E-state index < -0.39 is 17.1 Å². The van der Waals surface area contributed by atoms with Crippen LogP contribution in [0.4, 0.5) is 11.4 Å². The molecule has 0 radical (unpaired) electrons. The first kappa shape index (κ1) is 35.6. The average molecular weight is 708 g/mol. The van der Waals surface area contributed by atoms with Crippen molar-refractivity contribution in [2.24, 2.45) is 0 Å². The van der Waals surface area contributed by atoms with Crippen molar-refractivity contribution in [2.75, 3.05) is 32.0 Å². The smallest absolute Gasteiger partial charge is 0.272 e. The topological polar surface area (TPSA) is 115 Å². The third-order valence-corrected chi connectivity index (χ3v) is 8.87. The van der Waals surface area contributed by atoms with E-state index in [9.17, 15) is 14.4 Å². The van der Waals surface area contributed by atoms with Crippen molar-refractivity contribution in [3.63, 3.8) is 0 Å². The first-order valence-corrected chi connectivity index (χ1v) is 16.6. The fraction of sp³-hybridized carbons (Fsp3) is 0.103. The number of methoxy groups -OCH3 is 3. The van der Waals surface area contributed by atoms with E-state index in [1.165, 1.54) is 33.1 Å². The molecule has 254 valence electrons. The highest BCUT2D eigenvalue weighted by Gasteiger charge is 2.24. The Labute approximate surface area is 299 Å². The predicted molar refractivity (Wildman–Crippen MR) is 198 cm³/mol. The van der Waals surface area contributed by atoms with Gasteiger partial charge in [-0.3, -0.25) is 14.4 Å². The van der Waals surface area contributed by atoms with Crippen molar-refractivity contribution < 1.29 is 28.6 Å². The Balaban J connectivity index is 1.36. The molecule has 0 fully saturated rings. The van der Waals surface area contributed by atoms with Crippen molar-refractivity contribution in [1.82, 2.24) is 5.32 Å². The first-order chi connectivity index (χ1) is 24.3. The van der Waals surface area contributed by atoms with Gasteiger partial charge in [0.15, 0.2) is 11.5 Å². The lowest BCUT2D eigenvalue weighted by atomic mass is 10.1. The van der Waals surface area contributed by atoms with Gasteiger partial charge in [0, 0.05) is 21.2 Å². The maximum Gasteiger partial charge on any atom is 0.272 e. The summed E-state index contributed by atoms with van der Waals surface area (Å²) in [6.45, 7) is 0. The lowest BCUT2D eigenvalue weighted by molar-refractivity contribution is -0.116. The summed E-state index contributed by atoms with van der Waals surface area (Å²) in [6.07, 6.45) is 1.56. The lowest BCUT2D eigenvalue weighted by Crippen LogP contribution is -2.30. The number of rotatable bonds is 13. The fourth-order valence-electron chi connectivity index (χ4n) is 4.88. The maximum absolute atomic E-state index is 13.7. The summed E-state index contributed by atoms with van der Waals surface area (Å²) in [4.78, 5) is 41.1. The Kier molecular flexibility index (Phi) is 12.2. The van der Waals surface area contributed by atoms with Crippen LogP contribution in [0.25, 0.3) is 6.08 Å². The van der Waals surface area contributed by atoms with Gasteiger partial charge in [-0.25, -0.2) is 0 Å². The Hall–Kier alpha value is -5.71. The van der Waals surface area contributed by atoms with E-state index in [1.54, 1.807) is 84.9 Å². The zero-order valence-corrected chi connectivity index (χ0v) is 29.0. The van der Waals surface area contributed by atoms with E-state index in [0.29, 0.717) is 44.8 Å². The van der Waals surface area contributed by atoms with Gasteiger partial charge in [-0.2, -0.15) is 0 Å². The molecule has 9 nitrogen and oxygen atoms in total. The van der Waals surface area contributed by atoms with E-state index in [0.717, 1.165) is 10.5 Å². The minimum atomic E-state index is -0.621. The van der Waals surface area contributed by atoms with Crippen LogP contribution < -0.4 is 30.2 Å². The summed E-state index contributed by atoms with van der Waals surface area (Å²) >= 11 is 7.54. The highest BCUT2D eigenvalue weighted by atomic mass is 35.5. The largest absolute Gasteiger partial charge is 0.495 e. The molecule has 0 heterocycles. The molecule has 0 saturated heterocycles. The van der Waals surface area contributed by atoms with E-state index in [2.05, 4.69) is 16.0 Å². The number of nitrogens with one attached hydrogen (secondary N) is 3. The van der Waals surface area contributed by atoms with Crippen LogP contribution in [0.15, 0.2) is 132 Å². The lowest BCUT2D eigenvalue weighted by Gasteiger charge is -2.19. The number of hydrogen-bond acceptors (Lipinski definition) is 7.